The Morgan fingerprint density at radius 2 is 1.48 bits per heavy atom. The van der Waals surface area contributed by atoms with Crippen LogP contribution in [0.1, 0.15) is 57.6 Å². The lowest BCUT2D eigenvalue weighted by atomic mass is 10.0. The van der Waals surface area contributed by atoms with E-state index in [0.717, 1.165) is 17.9 Å². The molecule has 0 radical (unpaired) electrons. The SMILES string of the molecule is CC(=O)Nc1ccc(NC(=O)[C@H](C)[NH+](Cc2ccc(C(C)C)cc2)C2CC2)cc1. The average Bonchev–Trinajstić information content (AvgIpc) is 3.52. The molecule has 0 aliphatic heterocycles. The normalized spacial score (nSPS) is 15.6. The van der Waals surface area contributed by atoms with Gasteiger partial charge in [-0.05, 0) is 42.7 Å². The van der Waals surface area contributed by atoms with Crippen molar-refractivity contribution in [1.82, 2.24) is 0 Å². The molecule has 1 aliphatic rings. The molecule has 0 heterocycles. The van der Waals surface area contributed by atoms with E-state index in [1.54, 1.807) is 12.1 Å². The van der Waals surface area contributed by atoms with Gasteiger partial charge in [0.25, 0.3) is 5.91 Å². The molecule has 1 saturated carbocycles. The number of anilines is 2. The molecule has 5 nitrogen and oxygen atoms in total. The van der Waals surface area contributed by atoms with E-state index in [1.807, 2.05) is 19.1 Å². The molecule has 1 unspecified atom stereocenters. The molecule has 2 aromatic carbocycles. The molecule has 1 fully saturated rings. The highest BCUT2D eigenvalue weighted by Gasteiger charge is 2.39. The monoisotopic (exact) mass is 394 g/mol. The number of carbonyl (C=O) groups excluding carboxylic acids is 2. The Labute approximate surface area is 173 Å². The third kappa shape index (κ3) is 5.91. The summed E-state index contributed by atoms with van der Waals surface area (Å²) < 4.78 is 0. The fourth-order valence-corrected chi connectivity index (χ4v) is 3.62. The summed E-state index contributed by atoms with van der Waals surface area (Å²) in [5, 5.41) is 5.75. The second kappa shape index (κ2) is 9.23. The van der Waals surface area contributed by atoms with Gasteiger partial charge in [-0.2, -0.15) is 0 Å². The first-order valence-electron chi connectivity index (χ1n) is 10.5. The predicted molar refractivity (Wildman–Crippen MR) is 117 cm³/mol. The molecule has 3 rings (SSSR count). The predicted octanol–water partition coefficient (Wildman–Crippen LogP) is 3.34. The molecular formula is C24H32N3O2+. The second-order valence-electron chi connectivity index (χ2n) is 8.39. The van der Waals surface area contributed by atoms with E-state index in [2.05, 4.69) is 48.7 Å². The summed E-state index contributed by atoms with van der Waals surface area (Å²) >= 11 is 0. The lowest BCUT2D eigenvalue weighted by Crippen LogP contribution is -3.16. The van der Waals surface area contributed by atoms with Gasteiger partial charge in [-0.1, -0.05) is 38.1 Å². The van der Waals surface area contributed by atoms with Gasteiger partial charge in [-0.25, -0.2) is 0 Å². The quantitative estimate of drug-likeness (QED) is 0.643. The first-order chi connectivity index (χ1) is 13.8. The summed E-state index contributed by atoms with van der Waals surface area (Å²) in [6.45, 7) is 8.75. The van der Waals surface area contributed by atoms with Crippen LogP contribution in [0.25, 0.3) is 0 Å². The third-order valence-corrected chi connectivity index (χ3v) is 5.58. The second-order valence-corrected chi connectivity index (χ2v) is 8.39. The largest absolute Gasteiger partial charge is 0.326 e. The van der Waals surface area contributed by atoms with Crippen LogP contribution in [0.4, 0.5) is 11.4 Å². The van der Waals surface area contributed by atoms with Crippen molar-refractivity contribution in [3.8, 4) is 0 Å². The Balaban J connectivity index is 1.63. The number of hydrogen-bond donors (Lipinski definition) is 3. The first kappa shape index (κ1) is 21.1. The van der Waals surface area contributed by atoms with Gasteiger partial charge in [0, 0.05) is 36.7 Å². The minimum absolute atomic E-state index is 0.0259. The number of benzene rings is 2. The molecule has 1 aliphatic carbocycles. The summed E-state index contributed by atoms with van der Waals surface area (Å²) in [4.78, 5) is 25.3. The first-order valence-corrected chi connectivity index (χ1v) is 10.5. The third-order valence-electron chi connectivity index (χ3n) is 5.58. The van der Waals surface area contributed by atoms with Crippen molar-refractivity contribution in [3.05, 3.63) is 59.7 Å². The van der Waals surface area contributed by atoms with Crippen LogP contribution in [0.3, 0.4) is 0 Å². The molecule has 154 valence electrons. The van der Waals surface area contributed by atoms with E-state index < -0.39 is 0 Å². The van der Waals surface area contributed by atoms with Crippen molar-refractivity contribution in [1.29, 1.82) is 0 Å². The Bertz CT molecular complexity index is 839. The Morgan fingerprint density at radius 1 is 0.931 bits per heavy atom. The number of carbonyl (C=O) groups is 2. The van der Waals surface area contributed by atoms with Gasteiger partial charge >= 0.3 is 0 Å². The van der Waals surface area contributed by atoms with Crippen LogP contribution in [-0.4, -0.2) is 23.9 Å². The minimum Gasteiger partial charge on any atom is -0.326 e. The fraction of sp³-hybridized carbons (Fsp3) is 0.417. The molecule has 0 saturated heterocycles. The van der Waals surface area contributed by atoms with E-state index in [1.165, 1.54) is 35.8 Å². The molecule has 3 N–H and O–H groups in total. The highest BCUT2D eigenvalue weighted by Crippen LogP contribution is 2.19. The number of nitrogens with one attached hydrogen (secondary N) is 3. The molecule has 0 aromatic heterocycles. The Kier molecular flexibility index (Phi) is 6.70. The van der Waals surface area contributed by atoms with Crippen LogP contribution in [-0.2, 0) is 16.1 Å². The lowest BCUT2D eigenvalue weighted by Gasteiger charge is -2.25. The van der Waals surface area contributed by atoms with Crippen molar-refractivity contribution in [2.75, 3.05) is 10.6 Å². The van der Waals surface area contributed by atoms with Gasteiger partial charge in [-0.3, -0.25) is 9.59 Å². The molecule has 0 bridgehead atoms. The van der Waals surface area contributed by atoms with E-state index in [9.17, 15) is 9.59 Å². The molecule has 0 spiro atoms. The van der Waals surface area contributed by atoms with Gasteiger partial charge in [0.05, 0.1) is 6.04 Å². The van der Waals surface area contributed by atoms with Gasteiger partial charge in [-0.15, -0.1) is 0 Å². The van der Waals surface area contributed by atoms with Crippen LogP contribution < -0.4 is 15.5 Å². The Morgan fingerprint density at radius 3 is 1.97 bits per heavy atom. The maximum absolute atomic E-state index is 12.9. The minimum atomic E-state index is -0.137. The van der Waals surface area contributed by atoms with E-state index >= 15 is 0 Å². The topological polar surface area (TPSA) is 62.6 Å². The van der Waals surface area contributed by atoms with Crippen LogP contribution in [0.15, 0.2) is 48.5 Å². The van der Waals surface area contributed by atoms with Crippen LogP contribution in [0, 0.1) is 0 Å². The van der Waals surface area contributed by atoms with Crippen LogP contribution in [0.2, 0.25) is 0 Å². The number of hydrogen-bond acceptors (Lipinski definition) is 2. The molecule has 5 heteroatoms. The lowest BCUT2D eigenvalue weighted by molar-refractivity contribution is -0.938. The fourth-order valence-electron chi connectivity index (χ4n) is 3.62. The zero-order valence-corrected chi connectivity index (χ0v) is 17.8. The van der Waals surface area contributed by atoms with Gasteiger partial charge < -0.3 is 15.5 Å². The number of rotatable bonds is 8. The van der Waals surface area contributed by atoms with Crippen molar-refractivity contribution in [2.45, 2.75) is 65.1 Å². The van der Waals surface area contributed by atoms with Gasteiger partial charge in [0.15, 0.2) is 6.04 Å². The summed E-state index contributed by atoms with van der Waals surface area (Å²) in [5.41, 5.74) is 4.08. The molecule has 2 atom stereocenters. The van der Waals surface area contributed by atoms with E-state index in [-0.39, 0.29) is 17.9 Å². The maximum Gasteiger partial charge on any atom is 0.282 e. The summed E-state index contributed by atoms with van der Waals surface area (Å²) in [7, 11) is 0. The van der Waals surface area contributed by atoms with Crippen LogP contribution >= 0.6 is 0 Å². The highest BCUT2D eigenvalue weighted by molar-refractivity contribution is 5.94. The molecule has 2 amide bonds. The molecule has 29 heavy (non-hydrogen) atoms. The maximum atomic E-state index is 12.9. The van der Waals surface area contributed by atoms with Crippen molar-refractivity contribution in [2.24, 2.45) is 0 Å². The highest BCUT2D eigenvalue weighted by atomic mass is 16.2. The summed E-state index contributed by atoms with van der Waals surface area (Å²) in [6.07, 6.45) is 2.37. The zero-order valence-electron chi connectivity index (χ0n) is 17.8. The van der Waals surface area contributed by atoms with Crippen molar-refractivity contribution < 1.29 is 14.5 Å². The van der Waals surface area contributed by atoms with Gasteiger partial charge in [0.2, 0.25) is 5.91 Å². The number of amides is 2. The standard InChI is InChI=1S/C24H31N3O2/c1-16(2)20-7-5-19(6-8-20)15-27(23-13-14-23)17(3)24(29)26-22-11-9-21(10-12-22)25-18(4)28/h5-12,16-17,23H,13-15H2,1-4H3,(H,25,28)(H,26,29)/p+1/t17-/m0/s1. The Hall–Kier alpha value is -2.66. The van der Waals surface area contributed by atoms with Crippen molar-refractivity contribution >= 4 is 23.2 Å². The zero-order chi connectivity index (χ0) is 21.0. The smallest absolute Gasteiger partial charge is 0.282 e. The molecular weight excluding hydrogens is 362 g/mol. The number of quaternary nitrogens is 1. The van der Waals surface area contributed by atoms with E-state index in [0.29, 0.717) is 12.0 Å². The molecule has 2 aromatic rings. The van der Waals surface area contributed by atoms with Crippen LogP contribution in [0.5, 0.6) is 0 Å². The summed E-state index contributed by atoms with van der Waals surface area (Å²) in [6, 6.07) is 16.4. The summed E-state index contributed by atoms with van der Waals surface area (Å²) in [5.74, 6) is 0.441. The average molecular weight is 395 g/mol. The van der Waals surface area contributed by atoms with Gasteiger partial charge in [0.1, 0.15) is 6.54 Å². The van der Waals surface area contributed by atoms with Crippen molar-refractivity contribution in [3.63, 3.8) is 0 Å². The van der Waals surface area contributed by atoms with E-state index in [4.69, 9.17) is 0 Å².